The van der Waals surface area contributed by atoms with Gasteiger partial charge in [0.2, 0.25) is 5.91 Å². The van der Waals surface area contributed by atoms with Crippen molar-refractivity contribution >= 4 is 17.7 Å². The summed E-state index contributed by atoms with van der Waals surface area (Å²) in [6.45, 7) is 3.04. The highest BCUT2D eigenvalue weighted by atomic mass is 32.2. The van der Waals surface area contributed by atoms with Crippen molar-refractivity contribution < 1.29 is 9.53 Å². The van der Waals surface area contributed by atoms with E-state index in [1.54, 1.807) is 11.8 Å². The fourth-order valence-electron chi connectivity index (χ4n) is 2.41. The number of hydrogen-bond donors (Lipinski definition) is 2. The molecule has 1 amide bonds. The van der Waals surface area contributed by atoms with Crippen LogP contribution < -0.4 is 10.6 Å². The van der Waals surface area contributed by atoms with Crippen molar-refractivity contribution in [3.05, 3.63) is 29.8 Å². The lowest BCUT2D eigenvalue weighted by molar-refractivity contribution is -0.121. The van der Waals surface area contributed by atoms with Crippen LogP contribution in [0.3, 0.4) is 0 Å². The van der Waals surface area contributed by atoms with Crippen LogP contribution in [0.1, 0.15) is 5.56 Å². The second-order valence-corrected chi connectivity index (χ2v) is 6.10. The molecule has 2 N–H and O–H groups in total. The van der Waals surface area contributed by atoms with Crippen molar-refractivity contribution in [2.45, 2.75) is 22.7 Å². The Balaban J connectivity index is 1.49. The zero-order chi connectivity index (χ0) is 13.1. The SMILES string of the molecule is O=C(NCC1CNCCO1)C1Cc2ccccc2S1. The van der Waals surface area contributed by atoms with Crippen molar-refractivity contribution in [3.63, 3.8) is 0 Å². The van der Waals surface area contributed by atoms with Gasteiger partial charge >= 0.3 is 0 Å². The van der Waals surface area contributed by atoms with Gasteiger partial charge in [-0.05, 0) is 18.1 Å². The molecule has 1 fully saturated rings. The molecule has 0 aliphatic carbocycles. The molecule has 5 heteroatoms. The van der Waals surface area contributed by atoms with Gasteiger partial charge in [-0.2, -0.15) is 0 Å². The standard InChI is InChI=1S/C14H18N2O2S/c17-14(16-9-11-8-15-5-6-18-11)13-7-10-3-1-2-4-12(10)19-13/h1-4,11,13,15H,5-9H2,(H,16,17). The maximum atomic E-state index is 12.1. The second-order valence-electron chi connectivity index (χ2n) is 4.86. The van der Waals surface area contributed by atoms with Crippen LogP contribution in [0.4, 0.5) is 0 Å². The number of fused-ring (bicyclic) bond motifs is 1. The molecule has 102 valence electrons. The van der Waals surface area contributed by atoms with Crippen molar-refractivity contribution in [2.75, 3.05) is 26.2 Å². The van der Waals surface area contributed by atoms with Crippen LogP contribution in [-0.2, 0) is 16.0 Å². The van der Waals surface area contributed by atoms with E-state index in [1.165, 1.54) is 10.5 Å². The van der Waals surface area contributed by atoms with Gasteiger partial charge in [-0.1, -0.05) is 18.2 Å². The number of thioether (sulfide) groups is 1. The summed E-state index contributed by atoms with van der Waals surface area (Å²) < 4.78 is 5.57. The monoisotopic (exact) mass is 278 g/mol. The van der Waals surface area contributed by atoms with E-state index in [4.69, 9.17) is 4.74 Å². The summed E-state index contributed by atoms with van der Waals surface area (Å²) in [6, 6.07) is 8.24. The normalized spacial score (nSPS) is 25.9. The third-order valence-electron chi connectivity index (χ3n) is 3.45. The average molecular weight is 278 g/mol. The van der Waals surface area contributed by atoms with Gasteiger partial charge in [0, 0.05) is 24.5 Å². The Bertz CT molecular complexity index is 436. The predicted octanol–water partition coefficient (Wildman–Crippen LogP) is 0.808. The first-order valence-corrected chi connectivity index (χ1v) is 7.55. The fraction of sp³-hybridized carbons (Fsp3) is 0.500. The van der Waals surface area contributed by atoms with E-state index in [2.05, 4.69) is 22.8 Å². The van der Waals surface area contributed by atoms with E-state index >= 15 is 0 Å². The van der Waals surface area contributed by atoms with Gasteiger partial charge in [0.25, 0.3) is 0 Å². The third-order valence-corrected chi connectivity index (χ3v) is 4.77. The molecular formula is C14H18N2O2S. The van der Waals surface area contributed by atoms with Crippen LogP contribution in [0.25, 0.3) is 0 Å². The van der Waals surface area contributed by atoms with Crippen LogP contribution in [0.2, 0.25) is 0 Å². The summed E-state index contributed by atoms with van der Waals surface area (Å²) >= 11 is 1.66. The minimum absolute atomic E-state index is 0.00829. The quantitative estimate of drug-likeness (QED) is 0.859. The maximum absolute atomic E-state index is 12.1. The largest absolute Gasteiger partial charge is 0.374 e. The van der Waals surface area contributed by atoms with E-state index in [9.17, 15) is 4.79 Å². The van der Waals surface area contributed by atoms with E-state index in [0.29, 0.717) is 6.54 Å². The van der Waals surface area contributed by atoms with Crippen LogP contribution in [0.15, 0.2) is 29.2 Å². The van der Waals surface area contributed by atoms with Crippen molar-refractivity contribution in [2.24, 2.45) is 0 Å². The van der Waals surface area contributed by atoms with Crippen LogP contribution in [-0.4, -0.2) is 43.5 Å². The Morgan fingerprint density at radius 2 is 2.37 bits per heavy atom. The molecule has 2 heterocycles. The van der Waals surface area contributed by atoms with Gasteiger partial charge in [-0.3, -0.25) is 4.79 Å². The van der Waals surface area contributed by atoms with Gasteiger partial charge < -0.3 is 15.4 Å². The lowest BCUT2D eigenvalue weighted by Gasteiger charge is -2.24. The number of carbonyl (C=O) groups is 1. The van der Waals surface area contributed by atoms with Crippen LogP contribution in [0.5, 0.6) is 0 Å². The number of ether oxygens (including phenoxy) is 1. The molecule has 2 atom stereocenters. The number of rotatable bonds is 3. The summed E-state index contributed by atoms with van der Waals surface area (Å²) in [4.78, 5) is 13.4. The Hall–Kier alpha value is -1.04. The number of morpholine rings is 1. The molecule has 2 unspecified atom stereocenters. The first-order valence-electron chi connectivity index (χ1n) is 6.67. The number of hydrogen-bond acceptors (Lipinski definition) is 4. The summed E-state index contributed by atoms with van der Waals surface area (Å²) in [5.74, 6) is 0.121. The summed E-state index contributed by atoms with van der Waals surface area (Å²) in [5.41, 5.74) is 1.28. The molecular weight excluding hydrogens is 260 g/mol. The van der Waals surface area contributed by atoms with Crippen molar-refractivity contribution in [3.8, 4) is 0 Å². The molecule has 1 saturated heterocycles. The number of nitrogens with one attached hydrogen (secondary N) is 2. The molecule has 0 bridgehead atoms. The van der Waals surface area contributed by atoms with Gasteiger partial charge in [0.15, 0.2) is 0 Å². The Labute approximate surface area is 117 Å². The van der Waals surface area contributed by atoms with Gasteiger partial charge in [-0.15, -0.1) is 11.8 Å². The van der Waals surface area contributed by atoms with Crippen molar-refractivity contribution in [1.82, 2.24) is 10.6 Å². The summed E-state index contributed by atoms with van der Waals surface area (Å²) in [7, 11) is 0. The average Bonchev–Trinajstić information content (AvgIpc) is 2.90. The maximum Gasteiger partial charge on any atom is 0.233 e. The first-order chi connectivity index (χ1) is 9.33. The van der Waals surface area contributed by atoms with Gasteiger partial charge in [0.1, 0.15) is 0 Å². The zero-order valence-corrected chi connectivity index (χ0v) is 11.5. The highest BCUT2D eigenvalue weighted by Crippen LogP contribution is 2.36. The van der Waals surface area contributed by atoms with Gasteiger partial charge in [-0.25, -0.2) is 0 Å². The zero-order valence-electron chi connectivity index (χ0n) is 10.7. The minimum atomic E-state index is 0.00829. The lowest BCUT2D eigenvalue weighted by Crippen LogP contribution is -2.46. The smallest absolute Gasteiger partial charge is 0.233 e. The third kappa shape index (κ3) is 3.11. The molecule has 0 radical (unpaired) electrons. The van der Waals surface area contributed by atoms with Crippen LogP contribution >= 0.6 is 11.8 Å². The minimum Gasteiger partial charge on any atom is -0.374 e. The highest BCUT2D eigenvalue weighted by molar-refractivity contribution is 8.01. The predicted molar refractivity (Wildman–Crippen MR) is 75.4 cm³/mol. The van der Waals surface area contributed by atoms with E-state index in [-0.39, 0.29) is 17.3 Å². The summed E-state index contributed by atoms with van der Waals surface area (Å²) in [6.07, 6.45) is 0.933. The Kier molecular flexibility index (Phi) is 4.06. The Morgan fingerprint density at radius 1 is 1.47 bits per heavy atom. The fourth-order valence-corrected chi connectivity index (χ4v) is 3.63. The molecule has 3 rings (SSSR count). The molecule has 0 aromatic heterocycles. The lowest BCUT2D eigenvalue weighted by atomic mass is 10.1. The van der Waals surface area contributed by atoms with Crippen molar-refractivity contribution in [1.29, 1.82) is 0 Å². The number of carbonyl (C=O) groups excluding carboxylic acids is 1. The topological polar surface area (TPSA) is 50.4 Å². The van der Waals surface area contributed by atoms with E-state index < -0.39 is 0 Å². The highest BCUT2D eigenvalue weighted by Gasteiger charge is 2.28. The molecule has 0 saturated carbocycles. The van der Waals surface area contributed by atoms with E-state index in [1.807, 2.05) is 12.1 Å². The molecule has 0 spiro atoms. The number of benzene rings is 1. The van der Waals surface area contributed by atoms with E-state index in [0.717, 1.165) is 26.1 Å². The molecule has 2 aliphatic rings. The molecule has 1 aromatic carbocycles. The van der Waals surface area contributed by atoms with Crippen LogP contribution in [0, 0.1) is 0 Å². The molecule has 19 heavy (non-hydrogen) atoms. The number of amides is 1. The Morgan fingerprint density at radius 3 is 3.16 bits per heavy atom. The molecule has 4 nitrogen and oxygen atoms in total. The molecule has 1 aromatic rings. The summed E-state index contributed by atoms with van der Waals surface area (Å²) in [5, 5.41) is 6.27. The second kappa shape index (κ2) is 5.94. The van der Waals surface area contributed by atoms with Gasteiger partial charge in [0.05, 0.1) is 18.0 Å². The molecule has 2 aliphatic heterocycles. The first kappa shape index (κ1) is 13.0.